The number of benzene rings is 1. The van der Waals surface area contributed by atoms with Crippen LogP contribution in [-0.2, 0) is 4.79 Å². The molecule has 2 N–H and O–H groups in total. The van der Waals surface area contributed by atoms with Gasteiger partial charge in [-0.3, -0.25) is 9.59 Å². The highest BCUT2D eigenvalue weighted by Gasteiger charge is 2.22. The number of aryl methyl sites for hydroxylation is 1. The van der Waals surface area contributed by atoms with Crippen LogP contribution in [0.2, 0.25) is 0 Å². The molecule has 2 amide bonds. The molecule has 1 aromatic carbocycles. The molecule has 0 saturated carbocycles. The normalized spacial score (nSPS) is 11.8. The van der Waals surface area contributed by atoms with E-state index in [1.54, 1.807) is 36.9 Å². The average molecular weight is 350 g/mol. The van der Waals surface area contributed by atoms with Gasteiger partial charge >= 0.3 is 0 Å². The number of furan rings is 1. The van der Waals surface area contributed by atoms with Gasteiger partial charge < -0.3 is 15.1 Å². The van der Waals surface area contributed by atoms with Gasteiger partial charge in [-0.05, 0) is 55.2 Å². The van der Waals surface area contributed by atoms with E-state index in [0.717, 1.165) is 0 Å². The first-order valence-electron chi connectivity index (χ1n) is 7.41. The van der Waals surface area contributed by atoms with Gasteiger partial charge in [0.1, 0.15) is 11.9 Å². The van der Waals surface area contributed by atoms with E-state index in [1.165, 1.54) is 18.4 Å². The Morgan fingerprint density at radius 2 is 2.12 bits per heavy atom. The lowest BCUT2D eigenvalue weighted by Gasteiger charge is -2.17. The highest BCUT2D eigenvalue weighted by atomic mass is 32.2. The highest BCUT2D eigenvalue weighted by molar-refractivity contribution is 7.98. The van der Waals surface area contributed by atoms with Gasteiger partial charge in [0.25, 0.3) is 5.91 Å². The SMILES string of the molecule is CSCC[C@H](NC(=O)c1ccco1)C(=O)Nc1ccc(C)c(F)c1. The molecule has 128 valence electrons. The predicted molar refractivity (Wildman–Crippen MR) is 92.7 cm³/mol. The second-order valence-electron chi connectivity index (χ2n) is 5.24. The minimum Gasteiger partial charge on any atom is -0.459 e. The van der Waals surface area contributed by atoms with Crippen molar-refractivity contribution in [3.8, 4) is 0 Å². The summed E-state index contributed by atoms with van der Waals surface area (Å²) in [4.78, 5) is 24.5. The van der Waals surface area contributed by atoms with Gasteiger partial charge in [0.05, 0.1) is 6.26 Å². The summed E-state index contributed by atoms with van der Waals surface area (Å²) in [5, 5.41) is 5.28. The number of carbonyl (C=O) groups is 2. The number of halogens is 1. The van der Waals surface area contributed by atoms with Gasteiger partial charge in [-0.15, -0.1) is 0 Å². The van der Waals surface area contributed by atoms with Gasteiger partial charge in [-0.1, -0.05) is 6.07 Å². The zero-order chi connectivity index (χ0) is 17.5. The van der Waals surface area contributed by atoms with Gasteiger partial charge in [-0.25, -0.2) is 4.39 Å². The number of nitrogens with one attached hydrogen (secondary N) is 2. The van der Waals surface area contributed by atoms with Crippen LogP contribution in [0.3, 0.4) is 0 Å². The molecule has 7 heteroatoms. The molecule has 1 heterocycles. The Bertz CT molecular complexity index is 704. The first-order chi connectivity index (χ1) is 11.5. The topological polar surface area (TPSA) is 71.3 Å². The van der Waals surface area contributed by atoms with Crippen molar-refractivity contribution in [3.63, 3.8) is 0 Å². The van der Waals surface area contributed by atoms with E-state index in [0.29, 0.717) is 23.4 Å². The summed E-state index contributed by atoms with van der Waals surface area (Å²) in [5.41, 5.74) is 0.850. The minimum absolute atomic E-state index is 0.137. The number of thioether (sulfide) groups is 1. The Morgan fingerprint density at radius 1 is 1.33 bits per heavy atom. The summed E-state index contributed by atoms with van der Waals surface area (Å²) in [5.74, 6) is -0.423. The maximum absolute atomic E-state index is 13.6. The number of hydrogen-bond donors (Lipinski definition) is 2. The predicted octanol–water partition coefficient (Wildman–Crippen LogP) is 3.22. The molecular weight excluding hydrogens is 331 g/mol. The Hall–Kier alpha value is -2.28. The largest absolute Gasteiger partial charge is 0.459 e. The summed E-state index contributed by atoms with van der Waals surface area (Å²) in [6.45, 7) is 1.64. The Kier molecular flexibility index (Phi) is 6.43. The molecule has 0 unspecified atom stereocenters. The summed E-state index contributed by atoms with van der Waals surface area (Å²) < 4.78 is 18.6. The lowest BCUT2D eigenvalue weighted by atomic mass is 10.1. The zero-order valence-electron chi connectivity index (χ0n) is 13.5. The third-order valence-electron chi connectivity index (χ3n) is 3.42. The molecule has 1 atom stereocenters. The molecule has 0 aliphatic carbocycles. The van der Waals surface area contributed by atoms with Crippen molar-refractivity contribution >= 4 is 29.3 Å². The van der Waals surface area contributed by atoms with Crippen LogP contribution in [0, 0.1) is 12.7 Å². The molecule has 0 bridgehead atoms. The Balaban J connectivity index is 2.06. The summed E-state index contributed by atoms with van der Waals surface area (Å²) >= 11 is 1.57. The van der Waals surface area contributed by atoms with Crippen LogP contribution in [0.5, 0.6) is 0 Å². The molecule has 2 rings (SSSR count). The summed E-state index contributed by atoms with van der Waals surface area (Å²) in [7, 11) is 0. The summed E-state index contributed by atoms with van der Waals surface area (Å²) in [6.07, 6.45) is 3.76. The first-order valence-corrected chi connectivity index (χ1v) is 8.81. The second kappa shape index (κ2) is 8.54. The minimum atomic E-state index is -0.737. The quantitative estimate of drug-likeness (QED) is 0.804. The number of anilines is 1. The average Bonchev–Trinajstić information content (AvgIpc) is 3.09. The van der Waals surface area contributed by atoms with Gasteiger partial charge in [0.2, 0.25) is 5.91 Å². The lowest BCUT2D eigenvalue weighted by molar-refractivity contribution is -0.118. The summed E-state index contributed by atoms with van der Waals surface area (Å²) in [6, 6.07) is 6.85. The second-order valence-corrected chi connectivity index (χ2v) is 6.22. The van der Waals surface area contributed by atoms with Gasteiger partial charge in [0, 0.05) is 5.69 Å². The van der Waals surface area contributed by atoms with Crippen molar-refractivity contribution in [1.82, 2.24) is 5.32 Å². The van der Waals surface area contributed by atoms with Crippen LogP contribution in [0.25, 0.3) is 0 Å². The molecule has 1 aromatic heterocycles. The van der Waals surface area contributed by atoms with Crippen molar-refractivity contribution in [2.45, 2.75) is 19.4 Å². The molecule has 0 radical (unpaired) electrons. The van der Waals surface area contributed by atoms with Crippen molar-refractivity contribution < 1.29 is 18.4 Å². The molecule has 0 aliphatic heterocycles. The van der Waals surface area contributed by atoms with E-state index in [-0.39, 0.29) is 5.76 Å². The highest BCUT2D eigenvalue weighted by Crippen LogP contribution is 2.14. The smallest absolute Gasteiger partial charge is 0.287 e. The third kappa shape index (κ3) is 4.86. The molecule has 0 fully saturated rings. The van der Waals surface area contributed by atoms with Crippen LogP contribution in [-0.4, -0.2) is 29.9 Å². The standard InChI is InChI=1S/C17H19FN2O3S/c1-11-5-6-12(10-13(11)18)19-16(21)14(7-9-24-2)20-17(22)15-4-3-8-23-15/h3-6,8,10,14H,7,9H2,1-2H3,(H,19,21)(H,20,22)/t14-/m0/s1. The fourth-order valence-electron chi connectivity index (χ4n) is 2.04. The van der Waals surface area contributed by atoms with Crippen LogP contribution in [0.15, 0.2) is 41.0 Å². The molecule has 2 aromatic rings. The van der Waals surface area contributed by atoms with Crippen molar-refractivity contribution in [2.24, 2.45) is 0 Å². The van der Waals surface area contributed by atoms with E-state index in [4.69, 9.17) is 4.42 Å². The maximum atomic E-state index is 13.6. The Labute approximate surface area is 144 Å². The third-order valence-corrected chi connectivity index (χ3v) is 4.06. The van der Waals surface area contributed by atoms with E-state index in [1.807, 2.05) is 6.26 Å². The first kappa shape index (κ1) is 18.1. The Morgan fingerprint density at radius 3 is 2.75 bits per heavy atom. The number of rotatable bonds is 7. The number of amides is 2. The lowest BCUT2D eigenvalue weighted by Crippen LogP contribution is -2.44. The van der Waals surface area contributed by atoms with Crippen LogP contribution in [0.4, 0.5) is 10.1 Å². The fraction of sp³-hybridized carbons (Fsp3) is 0.294. The molecule has 0 aliphatic rings. The van der Waals surface area contributed by atoms with Crippen LogP contribution < -0.4 is 10.6 Å². The zero-order valence-corrected chi connectivity index (χ0v) is 14.3. The van der Waals surface area contributed by atoms with Crippen molar-refractivity contribution in [3.05, 3.63) is 53.7 Å². The van der Waals surface area contributed by atoms with E-state index in [9.17, 15) is 14.0 Å². The van der Waals surface area contributed by atoms with Crippen molar-refractivity contribution in [1.29, 1.82) is 0 Å². The monoisotopic (exact) mass is 350 g/mol. The van der Waals surface area contributed by atoms with Crippen LogP contribution in [0.1, 0.15) is 22.5 Å². The van der Waals surface area contributed by atoms with E-state index >= 15 is 0 Å². The maximum Gasteiger partial charge on any atom is 0.287 e. The van der Waals surface area contributed by atoms with Crippen LogP contribution >= 0.6 is 11.8 Å². The van der Waals surface area contributed by atoms with Crippen molar-refractivity contribution in [2.75, 3.05) is 17.3 Å². The number of carbonyl (C=O) groups excluding carboxylic acids is 2. The van der Waals surface area contributed by atoms with Gasteiger partial charge in [-0.2, -0.15) is 11.8 Å². The van der Waals surface area contributed by atoms with E-state index in [2.05, 4.69) is 10.6 Å². The molecule has 24 heavy (non-hydrogen) atoms. The van der Waals surface area contributed by atoms with E-state index < -0.39 is 23.7 Å². The fourth-order valence-corrected chi connectivity index (χ4v) is 2.51. The number of hydrogen-bond acceptors (Lipinski definition) is 4. The molecular formula is C17H19FN2O3S. The van der Waals surface area contributed by atoms with Gasteiger partial charge in [0.15, 0.2) is 5.76 Å². The molecule has 0 saturated heterocycles. The molecule has 0 spiro atoms. The molecule has 5 nitrogen and oxygen atoms in total.